The predicted octanol–water partition coefficient (Wildman–Crippen LogP) is 3.58. The van der Waals surface area contributed by atoms with Crippen LogP contribution in [0.1, 0.15) is 4.88 Å². The van der Waals surface area contributed by atoms with E-state index in [2.05, 4.69) is 6.07 Å². The van der Waals surface area contributed by atoms with Crippen molar-refractivity contribution >= 4 is 40.0 Å². The average molecular weight is 241 g/mol. The van der Waals surface area contributed by atoms with Crippen LogP contribution in [0.15, 0.2) is 17.5 Å². The first-order valence-corrected chi connectivity index (χ1v) is 5.82. The van der Waals surface area contributed by atoms with Gasteiger partial charge in [0.05, 0.1) is 15.6 Å². The van der Waals surface area contributed by atoms with Gasteiger partial charge in [0.15, 0.2) is 0 Å². The lowest BCUT2D eigenvalue weighted by molar-refractivity contribution is 1.52. The molecule has 0 radical (unpaired) electrons. The number of anilines is 1. The molecule has 0 aliphatic heterocycles. The first kappa shape index (κ1) is 9.53. The summed E-state index contributed by atoms with van der Waals surface area (Å²) in [6.45, 7) is 0. The van der Waals surface area contributed by atoms with Crippen LogP contribution in [0.4, 0.5) is 5.69 Å². The largest absolute Gasteiger partial charge is 0.397 e. The molecule has 70 valence electrons. The highest BCUT2D eigenvalue weighted by molar-refractivity contribution is 7.22. The fraction of sp³-hybridized carbons (Fsp3) is 0. The number of hydrogen-bond acceptors (Lipinski definition) is 4. The number of nitriles is 1. The number of thiophene rings is 2. The minimum atomic E-state index is 0.525. The van der Waals surface area contributed by atoms with Crippen molar-refractivity contribution in [2.24, 2.45) is 0 Å². The normalized spacial score (nSPS) is 10.0. The fourth-order valence-corrected chi connectivity index (χ4v) is 3.30. The van der Waals surface area contributed by atoms with Crippen LogP contribution in [-0.4, -0.2) is 0 Å². The maximum atomic E-state index is 8.75. The van der Waals surface area contributed by atoms with E-state index in [0.29, 0.717) is 15.6 Å². The molecule has 0 fully saturated rings. The summed E-state index contributed by atoms with van der Waals surface area (Å²) < 4.78 is 0. The van der Waals surface area contributed by atoms with E-state index in [1.807, 2.05) is 11.4 Å². The second-order valence-electron chi connectivity index (χ2n) is 2.60. The number of nitrogen functional groups attached to an aromatic ring is 1. The van der Waals surface area contributed by atoms with E-state index < -0.39 is 0 Å². The number of hydrogen-bond donors (Lipinski definition) is 1. The molecule has 0 saturated carbocycles. The Morgan fingerprint density at radius 1 is 1.50 bits per heavy atom. The predicted molar refractivity (Wildman–Crippen MR) is 61.8 cm³/mol. The Kier molecular flexibility index (Phi) is 2.46. The third-order valence-electron chi connectivity index (χ3n) is 1.70. The van der Waals surface area contributed by atoms with Crippen LogP contribution in [0, 0.1) is 11.3 Å². The Bertz CT molecular complexity index is 507. The first-order valence-electron chi connectivity index (χ1n) is 3.75. The molecular weight excluding hydrogens is 236 g/mol. The Morgan fingerprint density at radius 2 is 2.29 bits per heavy atom. The molecule has 0 spiro atoms. The van der Waals surface area contributed by atoms with Crippen LogP contribution in [0.3, 0.4) is 0 Å². The molecule has 0 aliphatic carbocycles. The molecule has 0 aromatic carbocycles. The minimum Gasteiger partial charge on any atom is -0.397 e. The lowest BCUT2D eigenvalue weighted by Crippen LogP contribution is -1.81. The van der Waals surface area contributed by atoms with Gasteiger partial charge in [-0.05, 0) is 17.5 Å². The van der Waals surface area contributed by atoms with Gasteiger partial charge in [0.25, 0.3) is 0 Å². The van der Waals surface area contributed by atoms with E-state index in [4.69, 9.17) is 22.6 Å². The Morgan fingerprint density at radius 3 is 2.79 bits per heavy atom. The summed E-state index contributed by atoms with van der Waals surface area (Å²) in [5, 5.41) is 11.4. The summed E-state index contributed by atoms with van der Waals surface area (Å²) in [6, 6.07) is 5.68. The van der Waals surface area contributed by atoms with E-state index in [0.717, 1.165) is 9.75 Å². The van der Waals surface area contributed by atoms with E-state index in [9.17, 15) is 0 Å². The Hall–Kier alpha value is -1.02. The number of nitrogens with two attached hydrogens (primary N) is 1. The molecular formula is C9H5ClN2S2. The SMILES string of the molecule is N#Cc1sc(-c2sccc2Cl)cc1N. The van der Waals surface area contributed by atoms with Crippen molar-refractivity contribution in [3.05, 3.63) is 27.4 Å². The lowest BCUT2D eigenvalue weighted by Gasteiger charge is -1.90. The summed E-state index contributed by atoms with van der Waals surface area (Å²) >= 11 is 8.89. The molecule has 2 nitrogen and oxygen atoms in total. The van der Waals surface area contributed by atoms with E-state index in [-0.39, 0.29) is 0 Å². The van der Waals surface area contributed by atoms with Crippen molar-refractivity contribution in [3.8, 4) is 15.8 Å². The minimum absolute atomic E-state index is 0.525. The van der Waals surface area contributed by atoms with Crippen LogP contribution >= 0.6 is 34.3 Å². The second-order valence-corrected chi connectivity index (χ2v) is 4.98. The smallest absolute Gasteiger partial charge is 0.128 e. The average Bonchev–Trinajstić information content (AvgIpc) is 2.71. The Balaban J connectivity index is 2.54. The van der Waals surface area contributed by atoms with Crippen LogP contribution in [-0.2, 0) is 0 Å². The van der Waals surface area contributed by atoms with Crippen molar-refractivity contribution in [2.75, 3.05) is 5.73 Å². The number of nitrogens with zero attached hydrogens (tertiary/aromatic N) is 1. The topological polar surface area (TPSA) is 49.8 Å². The summed E-state index contributed by atoms with van der Waals surface area (Å²) in [6.07, 6.45) is 0. The van der Waals surface area contributed by atoms with Crippen LogP contribution in [0.2, 0.25) is 5.02 Å². The summed E-state index contributed by atoms with van der Waals surface area (Å²) in [4.78, 5) is 2.48. The lowest BCUT2D eigenvalue weighted by atomic mass is 10.3. The van der Waals surface area contributed by atoms with Gasteiger partial charge >= 0.3 is 0 Å². The van der Waals surface area contributed by atoms with E-state index in [1.54, 1.807) is 17.4 Å². The zero-order valence-corrected chi connectivity index (χ0v) is 9.34. The maximum absolute atomic E-state index is 8.75. The molecule has 2 N–H and O–H groups in total. The van der Waals surface area contributed by atoms with Crippen molar-refractivity contribution in [2.45, 2.75) is 0 Å². The molecule has 0 amide bonds. The third-order valence-corrected chi connectivity index (χ3v) is 4.28. The van der Waals surface area contributed by atoms with Crippen LogP contribution in [0.5, 0.6) is 0 Å². The molecule has 2 heterocycles. The zero-order chi connectivity index (χ0) is 10.1. The van der Waals surface area contributed by atoms with Gasteiger partial charge in [0, 0.05) is 4.88 Å². The van der Waals surface area contributed by atoms with Gasteiger partial charge in [0.2, 0.25) is 0 Å². The maximum Gasteiger partial charge on any atom is 0.128 e. The van der Waals surface area contributed by atoms with Crippen molar-refractivity contribution in [1.82, 2.24) is 0 Å². The van der Waals surface area contributed by atoms with Crippen molar-refractivity contribution in [3.63, 3.8) is 0 Å². The molecule has 2 aromatic heterocycles. The standard InChI is InChI=1S/C9H5ClN2S2/c10-5-1-2-13-9(5)7-3-6(12)8(4-11)14-7/h1-3H,12H2. The number of halogens is 1. The summed E-state index contributed by atoms with van der Waals surface area (Å²) in [5.41, 5.74) is 6.18. The molecule has 0 unspecified atom stereocenters. The van der Waals surface area contributed by atoms with Gasteiger partial charge in [-0.25, -0.2) is 0 Å². The quantitative estimate of drug-likeness (QED) is 0.828. The molecule has 2 aromatic rings. The monoisotopic (exact) mass is 240 g/mol. The summed E-state index contributed by atoms with van der Waals surface area (Å²) in [7, 11) is 0. The van der Waals surface area contributed by atoms with Crippen LogP contribution < -0.4 is 5.73 Å². The fourth-order valence-electron chi connectivity index (χ4n) is 1.07. The van der Waals surface area contributed by atoms with E-state index >= 15 is 0 Å². The van der Waals surface area contributed by atoms with Crippen molar-refractivity contribution < 1.29 is 0 Å². The zero-order valence-electron chi connectivity index (χ0n) is 6.95. The molecule has 5 heteroatoms. The molecule has 14 heavy (non-hydrogen) atoms. The first-order chi connectivity index (χ1) is 6.72. The second kappa shape index (κ2) is 3.62. The molecule has 2 rings (SSSR count). The van der Waals surface area contributed by atoms with Gasteiger partial charge in [-0.15, -0.1) is 22.7 Å². The molecule has 0 bridgehead atoms. The summed E-state index contributed by atoms with van der Waals surface area (Å²) in [5.74, 6) is 0. The highest BCUT2D eigenvalue weighted by Gasteiger charge is 2.11. The van der Waals surface area contributed by atoms with Gasteiger partial charge in [-0.3, -0.25) is 0 Å². The highest BCUT2D eigenvalue weighted by Crippen LogP contribution is 2.39. The highest BCUT2D eigenvalue weighted by atomic mass is 35.5. The van der Waals surface area contributed by atoms with E-state index in [1.165, 1.54) is 11.3 Å². The van der Waals surface area contributed by atoms with Crippen LogP contribution in [0.25, 0.3) is 9.75 Å². The third kappa shape index (κ3) is 1.50. The van der Waals surface area contributed by atoms with Gasteiger partial charge in [0.1, 0.15) is 10.9 Å². The van der Waals surface area contributed by atoms with Crippen molar-refractivity contribution in [1.29, 1.82) is 5.26 Å². The number of rotatable bonds is 1. The van der Waals surface area contributed by atoms with Gasteiger partial charge in [-0.1, -0.05) is 11.6 Å². The molecule has 0 atom stereocenters. The van der Waals surface area contributed by atoms with Gasteiger partial charge < -0.3 is 5.73 Å². The van der Waals surface area contributed by atoms with Gasteiger partial charge in [-0.2, -0.15) is 5.26 Å². The molecule has 0 aliphatic rings. The molecule has 0 saturated heterocycles. The Labute approximate surface area is 94.2 Å².